The van der Waals surface area contributed by atoms with Crippen molar-refractivity contribution in [1.29, 1.82) is 0 Å². The standard InChI is InChI=1S/C21H18FN5O3S/c1-30-15-8-6-13(7-9-15)24-20(29)19(28)23-11-10-14-12-31-21-25-18(26-27(14)21)16-4-2-3-5-17(16)22/h2-9,12H,10-11H2,1H3,(H,23,28)(H,24,29). The molecule has 158 valence electrons. The van der Waals surface area contributed by atoms with Gasteiger partial charge in [-0.05, 0) is 36.4 Å². The lowest BCUT2D eigenvalue weighted by Gasteiger charge is -2.07. The highest BCUT2D eigenvalue weighted by molar-refractivity contribution is 7.15. The summed E-state index contributed by atoms with van der Waals surface area (Å²) >= 11 is 1.37. The topological polar surface area (TPSA) is 97.6 Å². The van der Waals surface area contributed by atoms with Crippen molar-refractivity contribution < 1.29 is 18.7 Å². The third-order valence-corrected chi connectivity index (χ3v) is 5.35. The van der Waals surface area contributed by atoms with Crippen LogP contribution in [-0.4, -0.2) is 40.1 Å². The van der Waals surface area contributed by atoms with Crippen LogP contribution >= 0.6 is 11.3 Å². The molecule has 31 heavy (non-hydrogen) atoms. The Balaban J connectivity index is 1.35. The minimum atomic E-state index is -0.761. The molecule has 0 aliphatic heterocycles. The molecule has 4 aromatic rings. The highest BCUT2D eigenvalue weighted by Crippen LogP contribution is 2.23. The number of ether oxygens (including phenoxy) is 1. The fourth-order valence-electron chi connectivity index (χ4n) is 2.90. The summed E-state index contributed by atoms with van der Waals surface area (Å²) in [4.78, 5) is 29.1. The molecule has 0 saturated carbocycles. The summed E-state index contributed by atoms with van der Waals surface area (Å²) in [6, 6.07) is 13.0. The fraction of sp³-hybridized carbons (Fsp3) is 0.143. The number of amides is 2. The van der Waals surface area contributed by atoms with Gasteiger partial charge in [0.15, 0.2) is 5.82 Å². The summed E-state index contributed by atoms with van der Waals surface area (Å²) in [6.07, 6.45) is 0.432. The minimum Gasteiger partial charge on any atom is -0.497 e. The van der Waals surface area contributed by atoms with Crippen LogP contribution in [0.3, 0.4) is 0 Å². The monoisotopic (exact) mass is 439 g/mol. The molecular formula is C21H18FN5O3S. The zero-order chi connectivity index (χ0) is 21.8. The van der Waals surface area contributed by atoms with Gasteiger partial charge < -0.3 is 15.4 Å². The number of anilines is 1. The Labute approximate surface area is 180 Å². The van der Waals surface area contributed by atoms with Crippen molar-refractivity contribution in [3.8, 4) is 17.1 Å². The number of hydrogen-bond donors (Lipinski definition) is 2. The summed E-state index contributed by atoms with van der Waals surface area (Å²) in [7, 11) is 1.54. The van der Waals surface area contributed by atoms with Crippen LogP contribution in [0, 0.1) is 5.82 Å². The van der Waals surface area contributed by atoms with Gasteiger partial charge in [0.25, 0.3) is 0 Å². The number of thiazole rings is 1. The second kappa shape index (κ2) is 8.92. The van der Waals surface area contributed by atoms with E-state index in [0.29, 0.717) is 34.2 Å². The van der Waals surface area contributed by atoms with Crippen molar-refractivity contribution >= 4 is 33.8 Å². The number of hydrogen-bond acceptors (Lipinski definition) is 6. The Hall–Kier alpha value is -3.79. The van der Waals surface area contributed by atoms with Gasteiger partial charge in [-0.15, -0.1) is 16.4 Å². The van der Waals surface area contributed by atoms with Crippen LogP contribution in [0.5, 0.6) is 5.75 Å². The van der Waals surface area contributed by atoms with Crippen molar-refractivity contribution in [3.05, 3.63) is 65.4 Å². The quantitative estimate of drug-likeness (QED) is 0.450. The van der Waals surface area contributed by atoms with Gasteiger partial charge in [0.1, 0.15) is 11.6 Å². The second-order valence-electron chi connectivity index (χ2n) is 6.53. The van der Waals surface area contributed by atoms with Crippen LogP contribution in [0.2, 0.25) is 0 Å². The van der Waals surface area contributed by atoms with Crippen LogP contribution in [-0.2, 0) is 16.0 Å². The van der Waals surface area contributed by atoms with E-state index in [-0.39, 0.29) is 6.54 Å². The number of aromatic nitrogens is 3. The van der Waals surface area contributed by atoms with E-state index in [0.717, 1.165) is 5.69 Å². The molecule has 0 saturated heterocycles. The van der Waals surface area contributed by atoms with Gasteiger partial charge in [0, 0.05) is 24.0 Å². The third kappa shape index (κ3) is 4.53. The SMILES string of the molecule is COc1ccc(NC(=O)C(=O)NCCc2csc3nc(-c4ccccc4F)nn23)cc1. The zero-order valence-electron chi connectivity index (χ0n) is 16.5. The van der Waals surface area contributed by atoms with Gasteiger partial charge in [0.2, 0.25) is 4.96 Å². The average molecular weight is 439 g/mol. The number of nitrogens with zero attached hydrogens (tertiary/aromatic N) is 3. The Bertz CT molecular complexity index is 1240. The predicted molar refractivity (Wildman–Crippen MR) is 115 cm³/mol. The smallest absolute Gasteiger partial charge is 0.313 e. The normalized spacial score (nSPS) is 10.8. The Morgan fingerprint density at radius 3 is 2.65 bits per heavy atom. The van der Waals surface area contributed by atoms with Crippen molar-refractivity contribution in [2.75, 3.05) is 19.0 Å². The van der Waals surface area contributed by atoms with Crippen LogP contribution in [0.25, 0.3) is 16.3 Å². The van der Waals surface area contributed by atoms with E-state index in [2.05, 4.69) is 20.7 Å². The lowest BCUT2D eigenvalue weighted by atomic mass is 10.2. The number of carbonyl (C=O) groups is 2. The highest BCUT2D eigenvalue weighted by atomic mass is 32.1. The van der Waals surface area contributed by atoms with Gasteiger partial charge in [0.05, 0.1) is 18.4 Å². The summed E-state index contributed by atoms with van der Waals surface area (Å²) in [6.45, 7) is 0.232. The van der Waals surface area contributed by atoms with Crippen molar-refractivity contribution in [2.45, 2.75) is 6.42 Å². The van der Waals surface area contributed by atoms with Gasteiger partial charge in [-0.25, -0.2) is 8.91 Å². The number of benzene rings is 2. The Morgan fingerprint density at radius 1 is 1.13 bits per heavy atom. The molecule has 0 bridgehead atoms. The third-order valence-electron chi connectivity index (χ3n) is 4.49. The minimum absolute atomic E-state index is 0.232. The van der Waals surface area contributed by atoms with Crippen molar-refractivity contribution in [2.24, 2.45) is 0 Å². The lowest BCUT2D eigenvalue weighted by molar-refractivity contribution is -0.136. The first-order valence-corrected chi connectivity index (χ1v) is 10.2. The molecule has 0 aliphatic carbocycles. The van der Waals surface area contributed by atoms with Crippen molar-refractivity contribution in [1.82, 2.24) is 19.9 Å². The molecule has 0 aliphatic rings. The van der Waals surface area contributed by atoms with E-state index in [1.54, 1.807) is 54.1 Å². The van der Waals surface area contributed by atoms with Gasteiger partial charge in [-0.3, -0.25) is 9.59 Å². The van der Waals surface area contributed by atoms with Gasteiger partial charge >= 0.3 is 11.8 Å². The molecule has 2 heterocycles. The molecule has 0 unspecified atom stereocenters. The van der Waals surface area contributed by atoms with Crippen molar-refractivity contribution in [3.63, 3.8) is 0 Å². The Kier molecular flexibility index (Phi) is 5.89. The molecule has 2 N–H and O–H groups in total. The molecule has 2 amide bonds. The Morgan fingerprint density at radius 2 is 1.90 bits per heavy atom. The van der Waals surface area contributed by atoms with E-state index < -0.39 is 17.6 Å². The highest BCUT2D eigenvalue weighted by Gasteiger charge is 2.16. The van der Waals surface area contributed by atoms with E-state index in [4.69, 9.17) is 4.74 Å². The first kappa shape index (κ1) is 20.5. The number of nitrogens with one attached hydrogen (secondary N) is 2. The van der Waals surface area contributed by atoms with Crippen LogP contribution in [0.4, 0.5) is 10.1 Å². The molecule has 2 aromatic carbocycles. The molecule has 4 rings (SSSR count). The molecule has 0 radical (unpaired) electrons. The van der Waals surface area contributed by atoms with Crippen LogP contribution < -0.4 is 15.4 Å². The van der Waals surface area contributed by atoms with E-state index in [9.17, 15) is 14.0 Å². The summed E-state index contributed by atoms with van der Waals surface area (Å²) < 4.78 is 20.7. The first-order chi connectivity index (χ1) is 15.0. The first-order valence-electron chi connectivity index (χ1n) is 9.36. The second-order valence-corrected chi connectivity index (χ2v) is 7.36. The van der Waals surface area contributed by atoms with E-state index in [1.165, 1.54) is 17.4 Å². The number of carbonyl (C=O) groups excluding carboxylic acids is 2. The molecule has 0 fully saturated rings. The predicted octanol–water partition coefficient (Wildman–Crippen LogP) is 2.90. The fourth-order valence-corrected chi connectivity index (χ4v) is 3.76. The number of halogens is 1. The van der Waals surface area contributed by atoms with Crippen LogP contribution in [0.15, 0.2) is 53.9 Å². The lowest BCUT2D eigenvalue weighted by Crippen LogP contribution is -2.36. The maximum Gasteiger partial charge on any atom is 0.313 e. The molecule has 0 spiro atoms. The van der Waals surface area contributed by atoms with E-state index in [1.807, 2.05) is 5.38 Å². The van der Waals surface area contributed by atoms with Crippen LogP contribution in [0.1, 0.15) is 5.69 Å². The average Bonchev–Trinajstić information content (AvgIpc) is 3.36. The largest absolute Gasteiger partial charge is 0.497 e. The number of methoxy groups -OCH3 is 1. The molecule has 0 atom stereocenters. The van der Waals surface area contributed by atoms with Gasteiger partial charge in [-0.2, -0.15) is 4.98 Å². The molecule has 10 heteroatoms. The maximum atomic E-state index is 14.0. The van der Waals surface area contributed by atoms with Gasteiger partial charge in [-0.1, -0.05) is 12.1 Å². The molecule has 2 aromatic heterocycles. The summed E-state index contributed by atoms with van der Waals surface area (Å²) in [5.74, 6) is -0.946. The number of fused-ring (bicyclic) bond motifs is 1. The summed E-state index contributed by atoms with van der Waals surface area (Å²) in [5, 5.41) is 11.4. The maximum absolute atomic E-state index is 14.0. The summed E-state index contributed by atoms with van der Waals surface area (Å²) in [5.41, 5.74) is 1.61. The zero-order valence-corrected chi connectivity index (χ0v) is 17.3. The molecule has 8 nitrogen and oxygen atoms in total. The molecular weight excluding hydrogens is 421 g/mol. The number of rotatable bonds is 6. The van der Waals surface area contributed by atoms with E-state index >= 15 is 0 Å².